The zero-order chi connectivity index (χ0) is 16.2. The molecule has 0 spiro atoms. The van der Waals surface area contributed by atoms with E-state index in [1.807, 2.05) is 37.3 Å². The van der Waals surface area contributed by atoms with Crippen molar-refractivity contribution in [2.24, 2.45) is 0 Å². The summed E-state index contributed by atoms with van der Waals surface area (Å²) < 4.78 is 5.53. The number of anilines is 2. The van der Waals surface area contributed by atoms with Crippen LogP contribution in [0.1, 0.15) is 29.9 Å². The molecule has 0 radical (unpaired) electrons. The molecule has 5 heteroatoms. The van der Waals surface area contributed by atoms with Crippen LogP contribution >= 0.6 is 0 Å². The first-order valence-electron chi connectivity index (χ1n) is 7.92. The fourth-order valence-corrected chi connectivity index (χ4v) is 2.89. The summed E-state index contributed by atoms with van der Waals surface area (Å²) in [5.74, 6) is 1.76. The van der Waals surface area contributed by atoms with E-state index in [1.165, 1.54) is 0 Å². The van der Waals surface area contributed by atoms with E-state index in [1.54, 1.807) is 0 Å². The van der Waals surface area contributed by atoms with Gasteiger partial charge in [0, 0.05) is 18.8 Å². The molecule has 1 saturated heterocycles. The number of aryl methyl sites for hydroxylation is 1. The Morgan fingerprint density at radius 3 is 2.74 bits per heavy atom. The minimum Gasteiger partial charge on any atom is -0.465 e. The summed E-state index contributed by atoms with van der Waals surface area (Å²) in [4.78, 5) is 2.17. The second kappa shape index (κ2) is 6.76. The third-order valence-corrected chi connectivity index (χ3v) is 4.18. The fourth-order valence-electron chi connectivity index (χ4n) is 2.89. The first-order chi connectivity index (χ1) is 11.2. The van der Waals surface area contributed by atoms with Crippen LogP contribution < -0.4 is 10.2 Å². The zero-order valence-electron chi connectivity index (χ0n) is 13.2. The van der Waals surface area contributed by atoms with Gasteiger partial charge in [0.1, 0.15) is 17.6 Å². The van der Waals surface area contributed by atoms with Crippen molar-refractivity contribution in [2.75, 3.05) is 23.3 Å². The van der Waals surface area contributed by atoms with Crippen molar-refractivity contribution in [2.45, 2.75) is 32.4 Å². The van der Waals surface area contributed by atoms with Crippen LogP contribution in [0.3, 0.4) is 0 Å². The number of furan rings is 1. The number of rotatable bonds is 4. The minimum absolute atomic E-state index is 0.213. The average molecular weight is 311 g/mol. The molecule has 2 N–H and O–H groups in total. The maximum absolute atomic E-state index is 9.61. The molecule has 120 valence electrons. The first kappa shape index (κ1) is 15.4. The summed E-state index contributed by atoms with van der Waals surface area (Å²) in [7, 11) is 0. The highest BCUT2D eigenvalue weighted by Gasteiger charge is 2.19. The van der Waals surface area contributed by atoms with Crippen LogP contribution in [0.15, 0.2) is 34.7 Å². The van der Waals surface area contributed by atoms with Gasteiger partial charge in [0.2, 0.25) is 0 Å². The maximum Gasteiger partial charge on any atom is 0.123 e. The molecule has 0 unspecified atom stereocenters. The molecule has 1 aliphatic rings. The lowest BCUT2D eigenvalue weighted by molar-refractivity contribution is 0.145. The normalized spacial score (nSPS) is 15.4. The molecule has 0 saturated carbocycles. The van der Waals surface area contributed by atoms with Crippen LogP contribution in [0.5, 0.6) is 0 Å². The molecule has 1 fully saturated rings. The van der Waals surface area contributed by atoms with Crippen LogP contribution in [0, 0.1) is 18.3 Å². The molecular formula is C18H21N3O2. The van der Waals surface area contributed by atoms with Crippen molar-refractivity contribution < 1.29 is 9.52 Å². The van der Waals surface area contributed by atoms with Gasteiger partial charge in [-0.3, -0.25) is 0 Å². The minimum atomic E-state index is -0.213. The lowest BCUT2D eigenvalue weighted by Gasteiger charge is -2.32. The van der Waals surface area contributed by atoms with Crippen molar-refractivity contribution in [3.63, 3.8) is 0 Å². The second-order valence-electron chi connectivity index (χ2n) is 5.93. The molecule has 1 aromatic heterocycles. The van der Waals surface area contributed by atoms with Crippen molar-refractivity contribution >= 4 is 11.4 Å². The molecule has 1 aliphatic heterocycles. The van der Waals surface area contributed by atoms with Crippen LogP contribution in [0.2, 0.25) is 0 Å². The Labute approximate surface area is 136 Å². The van der Waals surface area contributed by atoms with Gasteiger partial charge in [-0.2, -0.15) is 5.26 Å². The van der Waals surface area contributed by atoms with E-state index in [0.717, 1.165) is 48.8 Å². The number of hydrogen-bond acceptors (Lipinski definition) is 5. The first-order valence-corrected chi connectivity index (χ1v) is 7.92. The fraction of sp³-hybridized carbons (Fsp3) is 0.389. The van der Waals surface area contributed by atoms with E-state index in [9.17, 15) is 10.4 Å². The summed E-state index contributed by atoms with van der Waals surface area (Å²) in [6, 6.07) is 12.0. The highest BCUT2D eigenvalue weighted by atomic mass is 16.3. The lowest BCUT2D eigenvalue weighted by Crippen LogP contribution is -2.36. The predicted molar refractivity (Wildman–Crippen MR) is 89.4 cm³/mol. The maximum atomic E-state index is 9.61. The van der Waals surface area contributed by atoms with Gasteiger partial charge >= 0.3 is 0 Å². The van der Waals surface area contributed by atoms with Crippen molar-refractivity contribution in [3.8, 4) is 6.07 Å². The highest BCUT2D eigenvalue weighted by Crippen LogP contribution is 2.27. The predicted octanol–water partition coefficient (Wildman–Crippen LogP) is 3.03. The molecule has 0 bridgehead atoms. The van der Waals surface area contributed by atoms with Gasteiger partial charge in [0.25, 0.3) is 0 Å². The molecule has 5 nitrogen and oxygen atoms in total. The van der Waals surface area contributed by atoms with Crippen molar-refractivity contribution in [3.05, 3.63) is 47.4 Å². The number of nitrogens with zero attached hydrogens (tertiary/aromatic N) is 2. The van der Waals surface area contributed by atoms with E-state index in [0.29, 0.717) is 12.1 Å². The van der Waals surface area contributed by atoms with E-state index >= 15 is 0 Å². The van der Waals surface area contributed by atoms with Crippen LogP contribution in [-0.4, -0.2) is 24.3 Å². The quantitative estimate of drug-likeness (QED) is 0.908. The van der Waals surface area contributed by atoms with Gasteiger partial charge in [0.15, 0.2) is 0 Å². The monoisotopic (exact) mass is 311 g/mol. The summed E-state index contributed by atoms with van der Waals surface area (Å²) in [6.07, 6.45) is 1.29. The number of nitrogens with one attached hydrogen (secondary N) is 1. The Morgan fingerprint density at radius 1 is 1.30 bits per heavy atom. The van der Waals surface area contributed by atoms with Gasteiger partial charge in [-0.25, -0.2) is 0 Å². The average Bonchev–Trinajstić information content (AvgIpc) is 2.99. The summed E-state index contributed by atoms with van der Waals surface area (Å²) in [5, 5.41) is 22.3. The number of piperidine rings is 1. The Hall–Kier alpha value is -2.45. The molecule has 3 rings (SSSR count). The van der Waals surface area contributed by atoms with E-state index in [-0.39, 0.29) is 6.10 Å². The lowest BCUT2D eigenvalue weighted by atomic mass is 10.0. The van der Waals surface area contributed by atoms with Crippen LogP contribution in [0.4, 0.5) is 11.4 Å². The molecule has 0 atom stereocenters. The zero-order valence-corrected chi connectivity index (χ0v) is 13.2. The smallest absolute Gasteiger partial charge is 0.123 e. The van der Waals surface area contributed by atoms with Crippen molar-refractivity contribution in [1.82, 2.24) is 0 Å². The Balaban J connectivity index is 1.70. The highest BCUT2D eigenvalue weighted by molar-refractivity contribution is 5.65. The standard InChI is InChI=1S/C18H21N3O2/c1-13-2-4-17(23-13)12-20-15-3-5-18(14(10-15)11-19)21-8-6-16(22)7-9-21/h2-5,10,16,20,22H,6-9,12H2,1H3. The van der Waals surface area contributed by atoms with Gasteiger partial charge in [-0.15, -0.1) is 0 Å². The van der Waals surface area contributed by atoms with Gasteiger partial charge in [0.05, 0.1) is 23.9 Å². The number of nitriles is 1. The van der Waals surface area contributed by atoms with Crippen LogP contribution in [-0.2, 0) is 6.54 Å². The second-order valence-corrected chi connectivity index (χ2v) is 5.93. The number of benzene rings is 1. The van der Waals surface area contributed by atoms with Gasteiger partial charge in [-0.05, 0) is 50.1 Å². The largest absolute Gasteiger partial charge is 0.465 e. The van der Waals surface area contributed by atoms with Gasteiger partial charge in [-0.1, -0.05) is 0 Å². The number of aliphatic hydroxyl groups excluding tert-OH is 1. The van der Waals surface area contributed by atoms with E-state index in [4.69, 9.17) is 4.42 Å². The molecule has 23 heavy (non-hydrogen) atoms. The molecule has 2 heterocycles. The van der Waals surface area contributed by atoms with Crippen molar-refractivity contribution in [1.29, 1.82) is 5.26 Å². The summed E-state index contributed by atoms with van der Waals surface area (Å²) in [5.41, 5.74) is 2.50. The van der Waals surface area contributed by atoms with Gasteiger partial charge < -0.3 is 19.7 Å². The third-order valence-electron chi connectivity index (χ3n) is 4.18. The molecule has 2 aromatic rings. The van der Waals surface area contributed by atoms with E-state index < -0.39 is 0 Å². The molecule has 1 aromatic carbocycles. The summed E-state index contributed by atoms with van der Waals surface area (Å²) >= 11 is 0. The van der Waals surface area contributed by atoms with Crippen LogP contribution in [0.25, 0.3) is 0 Å². The SMILES string of the molecule is Cc1ccc(CNc2ccc(N3CCC(O)CC3)c(C#N)c2)o1. The Morgan fingerprint density at radius 2 is 2.09 bits per heavy atom. The topological polar surface area (TPSA) is 72.4 Å². The number of hydrogen-bond donors (Lipinski definition) is 2. The Bertz CT molecular complexity index is 709. The summed E-state index contributed by atoms with van der Waals surface area (Å²) in [6.45, 7) is 4.08. The number of aliphatic hydroxyl groups is 1. The third kappa shape index (κ3) is 3.66. The molecule has 0 aliphatic carbocycles. The van der Waals surface area contributed by atoms with E-state index in [2.05, 4.69) is 16.3 Å². The Kier molecular flexibility index (Phi) is 4.54. The molecular weight excluding hydrogens is 290 g/mol. The molecule has 0 amide bonds.